The molecule has 0 bridgehead atoms. The zero-order chi connectivity index (χ0) is 17.1. The highest BCUT2D eigenvalue weighted by atomic mass is 32.2. The van der Waals surface area contributed by atoms with Crippen LogP contribution in [0.15, 0.2) is 54.6 Å². The van der Waals surface area contributed by atoms with E-state index in [2.05, 4.69) is 5.32 Å². The van der Waals surface area contributed by atoms with Gasteiger partial charge in [-0.15, -0.1) is 0 Å². The smallest absolute Gasteiger partial charge is 0.335 e. The monoisotopic (exact) mass is 342 g/mol. The lowest BCUT2D eigenvalue weighted by Crippen LogP contribution is -2.33. The fourth-order valence-electron chi connectivity index (χ4n) is 2.34. The summed E-state index contributed by atoms with van der Waals surface area (Å²) in [5.74, 6) is -1.39. The average molecular weight is 342 g/mol. The van der Waals surface area contributed by atoms with Crippen LogP contribution >= 0.6 is 11.8 Å². The summed E-state index contributed by atoms with van der Waals surface area (Å²) in [6, 6.07) is 15.4. The molecule has 0 spiro atoms. The number of carbonyl (C=O) groups excluding carboxylic acids is 2. The number of thioether (sulfide) groups is 1. The summed E-state index contributed by atoms with van der Waals surface area (Å²) in [6.07, 6.45) is 0. The van der Waals surface area contributed by atoms with Gasteiger partial charge in [-0.05, 0) is 35.5 Å². The van der Waals surface area contributed by atoms with E-state index in [4.69, 9.17) is 5.11 Å². The zero-order valence-electron chi connectivity index (χ0n) is 12.5. The first-order chi connectivity index (χ1) is 11.5. The van der Waals surface area contributed by atoms with Crippen LogP contribution in [0.5, 0.6) is 0 Å². The van der Waals surface area contributed by atoms with Crippen LogP contribution in [-0.2, 0) is 11.3 Å². The Morgan fingerprint density at radius 3 is 2.58 bits per heavy atom. The molecule has 6 nitrogen and oxygen atoms in total. The number of anilines is 1. The van der Waals surface area contributed by atoms with E-state index in [1.807, 2.05) is 30.3 Å². The molecule has 24 heavy (non-hydrogen) atoms. The molecular weight excluding hydrogens is 328 g/mol. The van der Waals surface area contributed by atoms with Crippen molar-refractivity contribution in [2.75, 3.05) is 5.32 Å². The van der Waals surface area contributed by atoms with Gasteiger partial charge in [-0.2, -0.15) is 0 Å². The molecular formula is C17H14N2O4S. The molecule has 1 aliphatic rings. The predicted molar refractivity (Wildman–Crippen MR) is 90.8 cm³/mol. The Hall–Kier alpha value is -2.80. The lowest BCUT2D eigenvalue weighted by molar-refractivity contribution is -0.126. The number of carboxylic acid groups (broad SMARTS) is 1. The Labute approximate surface area is 142 Å². The molecule has 0 unspecified atom stereocenters. The number of hydrogen-bond acceptors (Lipinski definition) is 5. The van der Waals surface area contributed by atoms with E-state index in [9.17, 15) is 14.4 Å². The first-order valence-electron chi connectivity index (χ1n) is 7.20. The number of nitrogens with zero attached hydrogens (tertiary/aromatic N) is 1. The predicted octanol–water partition coefficient (Wildman–Crippen LogP) is 3.02. The van der Waals surface area contributed by atoms with Crippen molar-refractivity contribution in [2.45, 2.75) is 11.9 Å². The molecule has 0 aromatic heterocycles. The van der Waals surface area contributed by atoms with Crippen molar-refractivity contribution in [3.05, 3.63) is 65.7 Å². The fourth-order valence-corrected chi connectivity index (χ4v) is 3.25. The second-order valence-corrected chi connectivity index (χ2v) is 6.26. The molecule has 2 amide bonds. The number of benzene rings is 2. The molecule has 0 radical (unpaired) electrons. The third kappa shape index (κ3) is 3.41. The molecule has 1 aliphatic heterocycles. The summed E-state index contributed by atoms with van der Waals surface area (Å²) < 4.78 is 0. The number of amides is 2. The van der Waals surface area contributed by atoms with E-state index in [0.29, 0.717) is 5.69 Å². The summed E-state index contributed by atoms with van der Waals surface area (Å²) >= 11 is 0.889. The highest BCUT2D eigenvalue weighted by Crippen LogP contribution is 2.29. The standard InChI is InChI=1S/C17H14N2O4S/c20-15-14(18-13-8-4-7-12(9-13)16(21)22)24-17(23)19(15)10-11-5-2-1-3-6-11/h1-9,14,18H,10H2,(H,21,22)/t14-/m0/s1. The van der Waals surface area contributed by atoms with Gasteiger partial charge in [0, 0.05) is 5.69 Å². The van der Waals surface area contributed by atoms with Crippen molar-refractivity contribution < 1.29 is 19.5 Å². The Morgan fingerprint density at radius 1 is 1.12 bits per heavy atom. The van der Waals surface area contributed by atoms with Gasteiger partial charge in [0.05, 0.1) is 12.1 Å². The zero-order valence-corrected chi connectivity index (χ0v) is 13.3. The minimum absolute atomic E-state index is 0.114. The van der Waals surface area contributed by atoms with Crippen molar-refractivity contribution in [2.24, 2.45) is 0 Å². The summed E-state index contributed by atoms with van der Waals surface area (Å²) in [5, 5.41) is 10.8. The Morgan fingerprint density at radius 2 is 1.88 bits per heavy atom. The van der Waals surface area contributed by atoms with Crippen molar-refractivity contribution in [1.29, 1.82) is 0 Å². The van der Waals surface area contributed by atoms with Crippen LogP contribution < -0.4 is 5.32 Å². The topological polar surface area (TPSA) is 86.7 Å². The molecule has 0 saturated carbocycles. The van der Waals surface area contributed by atoms with Crippen molar-refractivity contribution in [1.82, 2.24) is 4.90 Å². The van der Waals surface area contributed by atoms with Crippen LogP contribution in [0.2, 0.25) is 0 Å². The molecule has 1 atom stereocenters. The maximum absolute atomic E-state index is 12.4. The molecule has 1 heterocycles. The van der Waals surface area contributed by atoms with Gasteiger partial charge in [0.25, 0.3) is 11.1 Å². The number of hydrogen-bond donors (Lipinski definition) is 2. The first-order valence-corrected chi connectivity index (χ1v) is 8.08. The van der Waals surface area contributed by atoms with Crippen LogP contribution in [0, 0.1) is 0 Å². The maximum atomic E-state index is 12.4. The number of rotatable bonds is 5. The SMILES string of the molecule is O=C(O)c1cccc(N[C@H]2SC(=O)N(Cc3ccccc3)C2=O)c1. The van der Waals surface area contributed by atoms with E-state index in [1.165, 1.54) is 17.0 Å². The molecule has 2 aromatic carbocycles. The Bertz CT molecular complexity index is 794. The average Bonchev–Trinajstić information content (AvgIpc) is 2.83. The molecule has 7 heteroatoms. The third-order valence-electron chi connectivity index (χ3n) is 3.52. The van der Waals surface area contributed by atoms with Crippen molar-refractivity contribution in [3.8, 4) is 0 Å². The van der Waals surface area contributed by atoms with Crippen LogP contribution in [0.4, 0.5) is 10.5 Å². The van der Waals surface area contributed by atoms with E-state index in [-0.39, 0.29) is 23.3 Å². The largest absolute Gasteiger partial charge is 0.478 e. The molecule has 122 valence electrons. The highest BCUT2D eigenvalue weighted by molar-refractivity contribution is 8.15. The minimum atomic E-state index is -1.05. The van der Waals surface area contributed by atoms with Gasteiger partial charge in [0.15, 0.2) is 5.37 Å². The Balaban J connectivity index is 1.72. The van der Waals surface area contributed by atoms with E-state index < -0.39 is 11.3 Å². The van der Waals surface area contributed by atoms with E-state index in [1.54, 1.807) is 12.1 Å². The second kappa shape index (κ2) is 6.76. The number of nitrogens with one attached hydrogen (secondary N) is 1. The van der Waals surface area contributed by atoms with Crippen LogP contribution in [-0.4, -0.2) is 32.5 Å². The van der Waals surface area contributed by atoms with Gasteiger partial charge in [-0.25, -0.2) is 4.79 Å². The second-order valence-electron chi connectivity index (χ2n) is 5.20. The number of carbonyl (C=O) groups is 3. The van der Waals surface area contributed by atoms with Gasteiger partial charge < -0.3 is 10.4 Å². The molecule has 1 fully saturated rings. The molecule has 2 aromatic rings. The van der Waals surface area contributed by atoms with Crippen LogP contribution in [0.25, 0.3) is 0 Å². The van der Waals surface area contributed by atoms with Crippen LogP contribution in [0.3, 0.4) is 0 Å². The first kappa shape index (κ1) is 16.1. The normalized spacial score (nSPS) is 17.2. The number of imide groups is 1. The molecule has 0 aliphatic carbocycles. The van der Waals surface area contributed by atoms with Gasteiger partial charge in [0.2, 0.25) is 0 Å². The van der Waals surface area contributed by atoms with Gasteiger partial charge in [-0.3, -0.25) is 14.5 Å². The quantitative estimate of drug-likeness (QED) is 0.868. The van der Waals surface area contributed by atoms with Crippen molar-refractivity contribution >= 4 is 34.6 Å². The summed E-state index contributed by atoms with van der Waals surface area (Å²) in [6.45, 7) is 0.221. The maximum Gasteiger partial charge on any atom is 0.335 e. The van der Waals surface area contributed by atoms with Gasteiger partial charge in [0.1, 0.15) is 0 Å². The third-order valence-corrected chi connectivity index (χ3v) is 4.50. The molecule has 3 rings (SSSR count). The summed E-state index contributed by atoms with van der Waals surface area (Å²) in [5.41, 5.74) is 1.46. The van der Waals surface area contributed by atoms with E-state index in [0.717, 1.165) is 17.3 Å². The highest BCUT2D eigenvalue weighted by Gasteiger charge is 2.39. The summed E-state index contributed by atoms with van der Waals surface area (Å²) in [4.78, 5) is 36.7. The minimum Gasteiger partial charge on any atom is -0.478 e. The molecule has 1 saturated heterocycles. The number of carboxylic acids is 1. The fraction of sp³-hybridized carbons (Fsp3) is 0.118. The van der Waals surface area contributed by atoms with Crippen molar-refractivity contribution in [3.63, 3.8) is 0 Å². The molecule has 2 N–H and O–H groups in total. The Kier molecular flexibility index (Phi) is 4.52. The van der Waals surface area contributed by atoms with Gasteiger partial charge in [-0.1, -0.05) is 36.4 Å². The van der Waals surface area contributed by atoms with Gasteiger partial charge >= 0.3 is 5.97 Å². The lowest BCUT2D eigenvalue weighted by atomic mass is 10.2. The number of aromatic carboxylic acids is 1. The van der Waals surface area contributed by atoms with E-state index >= 15 is 0 Å². The lowest BCUT2D eigenvalue weighted by Gasteiger charge is -2.15. The van der Waals surface area contributed by atoms with Crippen LogP contribution in [0.1, 0.15) is 15.9 Å². The summed E-state index contributed by atoms with van der Waals surface area (Å²) in [7, 11) is 0.